The summed E-state index contributed by atoms with van der Waals surface area (Å²) in [5.74, 6) is 0.163. The molecule has 0 bridgehead atoms. The zero-order chi connectivity index (χ0) is 24.2. The number of aryl methyl sites for hydroxylation is 1. The third-order valence-corrected chi connectivity index (χ3v) is 7.37. The van der Waals surface area contributed by atoms with Crippen molar-refractivity contribution in [3.8, 4) is 5.75 Å². The Hall–Kier alpha value is -2.44. The molecule has 1 aliphatic heterocycles. The Kier molecular flexibility index (Phi) is 7.89. The summed E-state index contributed by atoms with van der Waals surface area (Å²) < 4.78 is 20.1. The second-order valence-corrected chi connectivity index (χ2v) is 9.60. The van der Waals surface area contributed by atoms with E-state index in [1.807, 2.05) is 12.1 Å². The van der Waals surface area contributed by atoms with E-state index in [0.717, 1.165) is 42.7 Å². The first-order valence-electron chi connectivity index (χ1n) is 12.2. The number of imide groups is 1. The van der Waals surface area contributed by atoms with Gasteiger partial charge in [-0.1, -0.05) is 43.1 Å². The van der Waals surface area contributed by atoms with Crippen molar-refractivity contribution in [2.45, 2.75) is 71.0 Å². The Morgan fingerprint density at radius 3 is 2.50 bits per heavy atom. The van der Waals surface area contributed by atoms with Gasteiger partial charge in [0.2, 0.25) is 11.8 Å². The van der Waals surface area contributed by atoms with Crippen molar-refractivity contribution < 1.29 is 18.7 Å². The minimum absolute atomic E-state index is 0.0635. The first-order valence-corrected chi connectivity index (χ1v) is 12.5. The minimum atomic E-state index is -0.383. The molecule has 0 spiro atoms. The van der Waals surface area contributed by atoms with Crippen LogP contribution in [-0.4, -0.2) is 40.8 Å². The van der Waals surface area contributed by atoms with Crippen molar-refractivity contribution in [2.24, 2.45) is 0 Å². The molecule has 2 aliphatic rings. The fourth-order valence-corrected chi connectivity index (χ4v) is 4.86. The normalized spacial score (nSPS) is 17.4. The third-order valence-electron chi connectivity index (χ3n) is 7.07. The fraction of sp³-hybridized carbons (Fsp3) is 0.481. The van der Waals surface area contributed by atoms with Crippen LogP contribution in [0.4, 0.5) is 4.39 Å². The topological polar surface area (TPSA) is 49.9 Å². The van der Waals surface area contributed by atoms with Gasteiger partial charge in [0.1, 0.15) is 18.2 Å². The van der Waals surface area contributed by atoms with Gasteiger partial charge in [0, 0.05) is 31.5 Å². The highest BCUT2D eigenvalue weighted by molar-refractivity contribution is 6.30. The number of rotatable bonds is 10. The van der Waals surface area contributed by atoms with Gasteiger partial charge in [-0.15, -0.1) is 0 Å². The summed E-state index contributed by atoms with van der Waals surface area (Å²) in [6.07, 6.45) is 4.93. The van der Waals surface area contributed by atoms with Crippen LogP contribution in [0.15, 0.2) is 36.4 Å². The summed E-state index contributed by atoms with van der Waals surface area (Å²) in [4.78, 5) is 27.3. The third kappa shape index (κ3) is 5.44. The van der Waals surface area contributed by atoms with E-state index in [0.29, 0.717) is 18.9 Å². The van der Waals surface area contributed by atoms with Crippen LogP contribution in [0.5, 0.6) is 5.75 Å². The van der Waals surface area contributed by atoms with E-state index in [2.05, 4.69) is 30.9 Å². The summed E-state index contributed by atoms with van der Waals surface area (Å²) in [5, 5.41) is 0.146. The van der Waals surface area contributed by atoms with Crippen LogP contribution in [0.2, 0.25) is 5.02 Å². The lowest BCUT2D eigenvalue weighted by atomic mass is 9.88. The van der Waals surface area contributed by atoms with E-state index in [9.17, 15) is 14.0 Å². The summed E-state index contributed by atoms with van der Waals surface area (Å²) >= 11 is 5.89. The van der Waals surface area contributed by atoms with Crippen LogP contribution in [0.25, 0.3) is 0 Å². The van der Waals surface area contributed by atoms with Crippen LogP contribution in [0.1, 0.15) is 68.7 Å². The molecule has 0 unspecified atom stereocenters. The van der Waals surface area contributed by atoms with E-state index in [-0.39, 0.29) is 41.8 Å². The molecule has 1 heterocycles. The molecule has 2 amide bonds. The Labute approximate surface area is 205 Å². The van der Waals surface area contributed by atoms with Crippen LogP contribution in [0.3, 0.4) is 0 Å². The first-order chi connectivity index (χ1) is 16.4. The molecule has 34 heavy (non-hydrogen) atoms. The van der Waals surface area contributed by atoms with Crippen molar-refractivity contribution in [1.82, 2.24) is 9.80 Å². The number of likely N-dealkylation sites (tertiary alicyclic amines) is 1. The van der Waals surface area contributed by atoms with E-state index in [1.54, 1.807) is 12.1 Å². The molecule has 2 aromatic carbocycles. The number of hydrogen-bond acceptors (Lipinski definition) is 4. The van der Waals surface area contributed by atoms with Crippen molar-refractivity contribution in [3.63, 3.8) is 0 Å². The smallest absolute Gasteiger partial charge is 0.229 e. The predicted octanol–water partition coefficient (Wildman–Crippen LogP) is 5.69. The highest BCUT2D eigenvalue weighted by Gasteiger charge is 2.30. The van der Waals surface area contributed by atoms with Crippen LogP contribution in [0, 0.1) is 5.82 Å². The lowest BCUT2D eigenvalue weighted by Gasteiger charge is -2.41. The Morgan fingerprint density at radius 2 is 1.88 bits per heavy atom. The maximum Gasteiger partial charge on any atom is 0.229 e. The molecule has 1 atom stereocenters. The maximum absolute atomic E-state index is 14.1. The molecule has 7 heteroatoms. The Bertz CT molecular complexity index is 1040. The molecule has 182 valence electrons. The van der Waals surface area contributed by atoms with Gasteiger partial charge < -0.3 is 4.74 Å². The predicted molar refractivity (Wildman–Crippen MR) is 130 cm³/mol. The van der Waals surface area contributed by atoms with Crippen molar-refractivity contribution in [2.75, 3.05) is 13.2 Å². The zero-order valence-electron chi connectivity index (χ0n) is 19.9. The number of benzene rings is 2. The number of amides is 2. The largest absolute Gasteiger partial charge is 0.491 e. The summed E-state index contributed by atoms with van der Waals surface area (Å²) in [5.41, 5.74) is 3.20. The Morgan fingerprint density at radius 1 is 1.15 bits per heavy atom. The van der Waals surface area contributed by atoms with E-state index in [4.69, 9.17) is 16.3 Å². The number of hydrogen-bond donors (Lipinski definition) is 0. The van der Waals surface area contributed by atoms with Crippen molar-refractivity contribution in [1.29, 1.82) is 0 Å². The lowest BCUT2D eigenvalue weighted by molar-refractivity contribution is -0.138. The fourth-order valence-electron chi connectivity index (χ4n) is 4.74. The van der Waals surface area contributed by atoms with Gasteiger partial charge in [-0.3, -0.25) is 19.4 Å². The molecular weight excluding hydrogens is 455 g/mol. The average molecular weight is 487 g/mol. The number of nitrogens with zero attached hydrogens (tertiary/aromatic N) is 2. The first kappa shape index (κ1) is 24.7. The molecule has 2 fully saturated rings. The SMILES string of the molecule is CCc1cc(CN(C2CCC2)[C@H](C)c2ccc(Cl)c(F)c2)ccc1OCCN1C(=O)CCC1=O. The zero-order valence-corrected chi connectivity index (χ0v) is 20.6. The van der Waals surface area contributed by atoms with Crippen LogP contribution >= 0.6 is 11.6 Å². The minimum Gasteiger partial charge on any atom is -0.491 e. The van der Waals surface area contributed by atoms with Gasteiger partial charge in [0.25, 0.3) is 0 Å². The summed E-state index contributed by atoms with van der Waals surface area (Å²) in [6, 6.07) is 11.8. The monoisotopic (exact) mass is 486 g/mol. The van der Waals surface area contributed by atoms with E-state index in [1.165, 1.54) is 16.9 Å². The van der Waals surface area contributed by atoms with Gasteiger partial charge in [0.15, 0.2) is 0 Å². The number of ether oxygens (including phenoxy) is 1. The van der Waals surface area contributed by atoms with Gasteiger partial charge >= 0.3 is 0 Å². The molecule has 4 rings (SSSR count). The molecule has 2 aromatic rings. The van der Waals surface area contributed by atoms with Gasteiger partial charge in [-0.2, -0.15) is 0 Å². The van der Waals surface area contributed by atoms with E-state index >= 15 is 0 Å². The van der Waals surface area contributed by atoms with Crippen molar-refractivity contribution in [3.05, 3.63) is 63.9 Å². The Balaban J connectivity index is 1.45. The molecular formula is C27H32ClFN2O3. The summed E-state index contributed by atoms with van der Waals surface area (Å²) in [7, 11) is 0. The number of carbonyl (C=O) groups is 2. The van der Waals surface area contributed by atoms with Gasteiger partial charge in [-0.05, 0) is 61.1 Å². The second-order valence-electron chi connectivity index (χ2n) is 9.19. The molecule has 1 aliphatic carbocycles. The quantitative estimate of drug-likeness (QED) is 0.405. The lowest BCUT2D eigenvalue weighted by Crippen LogP contribution is -2.41. The second kappa shape index (κ2) is 10.9. The average Bonchev–Trinajstić information content (AvgIpc) is 3.11. The molecule has 0 radical (unpaired) electrons. The highest BCUT2D eigenvalue weighted by Crippen LogP contribution is 2.35. The highest BCUT2D eigenvalue weighted by atomic mass is 35.5. The maximum atomic E-state index is 14.1. The van der Waals surface area contributed by atoms with E-state index < -0.39 is 0 Å². The molecule has 0 aromatic heterocycles. The van der Waals surface area contributed by atoms with Gasteiger partial charge in [0.05, 0.1) is 11.6 Å². The number of carbonyl (C=O) groups excluding carboxylic acids is 2. The molecule has 0 N–H and O–H groups in total. The molecule has 5 nitrogen and oxygen atoms in total. The number of halogens is 2. The van der Waals surface area contributed by atoms with Crippen LogP contribution in [-0.2, 0) is 22.6 Å². The van der Waals surface area contributed by atoms with Gasteiger partial charge in [-0.25, -0.2) is 4.39 Å². The summed E-state index contributed by atoms with van der Waals surface area (Å²) in [6.45, 7) is 5.55. The standard InChI is InChI=1S/C27H32ClFN2O3/c1-3-20-15-19(7-10-25(20)34-14-13-30-26(32)11-12-27(30)33)17-31(22-5-4-6-22)18(2)21-8-9-23(28)24(29)16-21/h7-10,15-16,18,22H,3-6,11-14,17H2,1-2H3/t18-/m1/s1. The molecule has 1 saturated heterocycles. The van der Waals surface area contributed by atoms with Crippen molar-refractivity contribution >= 4 is 23.4 Å². The molecule has 1 saturated carbocycles. The van der Waals surface area contributed by atoms with Crippen LogP contribution < -0.4 is 4.74 Å².